The van der Waals surface area contributed by atoms with E-state index in [1.165, 1.54) is 6.07 Å². The van der Waals surface area contributed by atoms with Crippen LogP contribution in [-0.2, 0) is 13.2 Å². The highest BCUT2D eigenvalue weighted by Crippen LogP contribution is 2.31. The van der Waals surface area contributed by atoms with Crippen LogP contribution in [0.15, 0.2) is 73.2 Å². The zero-order valence-corrected chi connectivity index (χ0v) is 24.1. The van der Waals surface area contributed by atoms with Crippen molar-refractivity contribution in [2.45, 2.75) is 38.8 Å². The van der Waals surface area contributed by atoms with Crippen molar-refractivity contribution in [1.82, 2.24) is 30.0 Å². The molecule has 1 fully saturated rings. The summed E-state index contributed by atoms with van der Waals surface area (Å²) in [4.78, 5) is 16.1. The van der Waals surface area contributed by atoms with Crippen molar-refractivity contribution in [1.29, 1.82) is 0 Å². The van der Waals surface area contributed by atoms with Gasteiger partial charge in [0.15, 0.2) is 0 Å². The molecule has 0 N–H and O–H groups in total. The molecule has 208 valence electrons. The van der Waals surface area contributed by atoms with Gasteiger partial charge in [-0.25, -0.2) is 9.37 Å². The van der Waals surface area contributed by atoms with Crippen LogP contribution in [0.3, 0.4) is 0 Å². The summed E-state index contributed by atoms with van der Waals surface area (Å²) < 4.78 is 19.9. The lowest BCUT2D eigenvalue weighted by Crippen LogP contribution is -2.33. The number of benzene rings is 1. The standard InChI is InChI=1S/C31H28ClFN6OS/c1-20-14-24(31-38-37-30(41-31)22-4-3-11-34-16-22)17-35-28(20)18-39-12-9-21(10-13-39)27-5-2-6-29(36-27)40-19-23-7-8-25(32)15-26(23)33/h2-8,11,14-17,21H,9-10,12-13,18-19H2,1H3. The summed E-state index contributed by atoms with van der Waals surface area (Å²) >= 11 is 7.39. The zero-order chi connectivity index (χ0) is 28.2. The van der Waals surface area contributed by atoms with Crippen LogP contribution < -0.4 is 4.74 Å². The monoisotopic (exact) mass is 586 g/mol. The van der Waals surface area contributed by atoms with Crippen molar-refractivity contribution in [2.24, 2.45) is 0 Å². The summed E-state index contributed by atoms with van der Waals surface area (Å²) in [6.45, 7) is 4.93. The third kappa shape index (κ3) is 6.59. The van der Waals surface area contributed by atoms with Gasteiger partial charge in [-0.05, 0) is 74.8 Å². The molecule has 0 amide bonds. The van der Waals surface area contributed by atoms with Crippen LogP contribution in [0.25, 0.3) is 21.1 Å². The number of rotatable bonds is 8. The Morgan fingerprint density at radius 1 is 1.00 bits per heavy atom. The van der Waals surface area contributed by atoms with Crippen molar-refractivity contribution in [3.8, 4) is 27.0 Å². The van der Waals surface area contributed by atoms with Gasteiger partial charge in [-0.15, -0.1) is 10.2 Å². The van der Waals surface area contributed by atoms with Crippen LogP contribution in [0, 0.1) is 12.7 Å². The lowest BCUT2D eigenvalue weighted by atomic mass is 9.93. The third-order valence-corrected chi connectivity index (χ3v) is 8.54. The van der Waals surface area contributed by atoms with Gasteiger partial charge in [-0.2, -0.15) is 0 Å². The molecule has 0 atom stereocenters. The molecular formula is C31H28ClFN6OS. The molecule has 1 aliphatic heterocycles. The molecule has 0 bridgehead atoms. The molecule has 41 heavy (non-hydrogen) atoms. The SMILES string of the molecule is Cc1cc(-c2nnc(-c3cccnc3)s2)cnc1CN1CCC(c2cccc(OCc3ccc(Cl)cc3F)n2)CC1. The fourth-order valence-electron chi connectivity index (χ4n) is 4.96. The van der Waals surface area contributed by atoms with Crippen molar-refractivity contribution in [3.05, 3.63) is 107 Å². The highest BCUT2D eigenvalue weighted by molar-refractivity contribution is 7.17. The first-order valence-electron chi connectivity index (χ1n) is 13.5. The van der Waals surface area contributed by atoms with Crippen LogP contribution in [0.2, 0.25) is 5.02 Å². The minimum absolute atomic E-state index is 0.105. The number of pyridine rings is 3. The summed E-state index contributed by atoms with van der Waals surface area (Å²) in [5, 5.41) is 10.8. The number of nitrogens with zero attached hydrogens (tertiary/aromatic N) is 6. The van der Waals surface area contributed by atoms with Crippen LogP contribution in [-0.4, -0.2) is 43.1 Å². The van der Waals surface area contributed by atoms with E-state index in [2.05, 4.69) is 33.1 Å². The second-order valence-electron chi connectivity index (χ2n) is 10.1. The fourth-order valence-corrected chi connectivity index (χ4v) is 5.93. The summed E-state index contributed by atoms with van der Waals surface area (Å²) in [5.41, 5.74) is 5.62. The highest BCUT2D eigenvalue weighted by Gasteiger charge is 2.23. The Morgan fingerprint density at radius 3 is 2.59 bits per heavy atom. The Kier molecular flexibility index (Phi) is 8.27. The molecule has 5 heterocycles. The average molecular weight is 587 g/mol. The predicted molar refractivity (Wildman–Crippen MR) is 158 cm³/mol. The number of aryl methyl sites for hydroxylation is 1. The van der Waals surface area contributed by atoms with E-state index >= 15 is 0 Å². The molecule has 1 aliphatic rings. The van der Waals surface area contributed by atoms with Gasteiger partial charge in [0.05, 0.1) is 5.69 Å². The van der Waals surface area contributed by atoms with Crippen molar-refractivity contribution in [2.75, 3.05) is 13.1 Å². The summed E-state index contributed by atoms with van der Waals surface area (Å²) in [7, 11) is 0. The predicted octanol–water partition coefficient (Wildman–Crippen LogP) is 7.12. The first kappa shape index (κ1) is 27.4. The summed E-state index contributed by atoms with van der Waals surface area (Å²) in [6.07, 6.45) is 7.45. The van der Waals surface area contributed by atoms with E-state index in [1.807, 2.05) is 36.5 Å². The Hall–Kier alpha value is -3.79. The molecule has 10 heteroatoms. The molecule has 0 aliphatic carbocycles. The molecule has 0 radical (unpaired) electrons. The lowest BCUT2D eigenvalue weighted by molar-refractivity contribution is 0.200. The van der Waals surface area contributed by atoms with E-state index in [0.29, 0.717) is 22.4 Å². The van der Waals surface area contributed by atoms with Crippen LogP contribution in [0.4, 0.5) is 4.39 Å². The Labute approximate surface area is 247 Å². The van der Waals surface area contributed by atoms with Crippen LogP contribution in [0.1, 0.15) is 41.3 Å². The Bertz CT molecular complexity index is 1640. The quantitative estimate of drug-likeness (QED) is 0.192. The molecule has 5 aromatic rings. The molecule has 6 rings (SSSR count). The normalized spacial score (nSPS) is 14.3. The molecular weight excluding hydrogens is 559 g/mol. The first-order valence-corrected chi connectivity index (χ1v) is 14.7. The maximum absolute atomic E-state index is 14.1. The Morgan fingerprint density at radius 2 is 1.83 bits per heavy atom. The van der Waals surface area contributed by atoms with Gasteiger partial charge < -0.3 is 4.74 Å². The smallest absolute Gasteiger partial charge is 0.213 e. The summed E-state index contributed by atoms with van der Waals surface area (Å²) in [5.74, 6) is 0.475. The molecule has 1 aromatic carbocycles. The average Bonchev–Trinajstić information content (AvgIpc) is 3.49. The largest absolute Gasteiger partial charge is 0.473 e. The number of ether oxygens (including phenoxy) is 1. The van der Waals surface area contributed by atoms with E-state index in [-0.39, 0.29) is 12.4 Å². The number of hydrogen-bond acceptors (Lipinski definition) is 8. The van der Waals surface area contributed by atoms with Gasteiger partial charge in [-0.3, -0.25) is 14.9 Å². The van der Waals surface area contributed by atoms with E-state index in [1.54, 1.807) is 35.9 Å². The number of halogens is 2. The van der Waals surface area contributed by atoms with E-state index < -0.39 is 0 Å². The number of likely N-dealkylation sites (tertiary alicyclic amines) is 1. The van der Waals surface area contributed by atoms with E-state index in [0.717, 1.165) is 70.6 Å². The second kappa shape index (κ2) is 12.4. The van der Waals surface area contributed by atoms with Gasteiger partial charge in [0.2, 0.25) is 5.88 Å². The van der Waals surface area contributed by atoms with Gasteiger partial charge in [0.25, 0.3) is 0 Å². The number of piperidine rings is 1. The summed E-state index contributed by atoms with van der Waals surface area (Å²) in [6, 6.07) is 16.4. The lowest BCUT2D eigenvalue weighted by Gasteiger charge is -2.31. The molecule has 0 saturated carbocycles. The minimum Gasteiger partial charge on any atom is -0.473 e. The van der Waals surface area contributed by atoms with Gasteiger partial charge in [-0.1, -0.05) is 35.1 Å². The molecule has 0 unspecified atom stereocenters. The third-order valence-electron chi connectivity index (χ3n) is 7.28. The van der Waals surface area contributed by atoms with Crippen molar-refractivity contribution in [3.63, 3.8) is 0 Å². The van der Waals surface area contributed by atoms with Gasteiger partial charge in [0, 0.05) is 64.5 Å². The highest BCUT2D eigenvalue weighted by atomic mass is 35.5. The van der Waals surface area contributed by atoms with E-state index in [9.17, 15) is 4.39 Å². The van der Waals surface area contributed by atoms with Crippen LogP contribution in [0.5, 0.6) is 5.88 Å². The first-order chi connectivity index (χ1) is 20.0. The maximum Gasteiger partial charge on any atom is 0.213 e. The molecule has 7 nitrogen and oxygen atoms in total. The van der Waals surface area contributed by atoms with Gasteiger partial charge >= 0.3 is 0 Å². The maximum atomic E-state index is 14.1. The minimum atomic E-state index is -0.379. The fraction of sp³-hybridized carbons (Fsp3) is 0.258. The molecule has 4 aromatic heterocycles. The number of hydrogen-bond donors (Lipinski definition) is 0. The van der Waals surface area contributed by atoms with Crippen molar-refractivity contribution < 1.29 is 9.13 Å². The topological polar surface area (TPSA) is 76.9 Å². The molecule has 1 saturated heterocycles. The molecule has 0 spiro atoms. The zero-order valence-electron chi connectivity index (χ0n) is 22.5. The van der Waals surface area contributed by atoms with Gasteiger partial charge in [0.1, 0.15) is 22.4 Å². The van der Waals surface area contributed by atoms with E-state index in [4.69, 9.17) is 26.3 Å². The second-order valence-corrected chi connectivity index (χ2v) is 11.5. The van der Waals surface area contributed by atoms with Crippen molar-refractivity contribution >= 4 is 22.9 Å². The Balaban J connectivity index is 1.04. The van der Waals surface area contributed by atoms with Crippen LogP contribution >= 0.6 is 22.9 Å². The number of aromatic nitrogens is 5.